The number of amidine groups is 1. The second kappa shape index (κ2) is 19.6. The third-order valence-corrected chi connectivity index (χ3v) is 5.88. The minimum absolute atomic E-state index is 0. The van der Waals surface area contributed by atoms with Crippen LogP contribution in [0.2, 0.25) is 0 Å². The number of carbonyl (C=O) groups is 2. The normalized spacial score (nSPS) is 9.05. The number of imidazole rings is 1. The zero-order chi connectivity index (χ0) is 30.7. The van der Waals surface area contributed by atoms with E-state index in [1.807, 2.05) is 85.1 Å². The molecule has 5 N–H and O–H groups in total. The van der Waals surface area contributed by atoms with Gasteiger partial charge in [-0.3, -0.25) is 10.2 Å². The first-order valence-corrected chi connectivity index (χ1v) is 13.4. The first-order chi connectivity index (χ1) is 20.3. The van der Waals surface area contributed by atoms with Crippen molar-refractivity contribution in [1.29, 1.82) is 5.41 Å². The molecule has 43 heavy (non-hydrogen) atoms. The molecule has 0 aliphatic rings. The van der Waals surface area contributed by atoms with Gasteiger partial charge in [0.2, 0.25) is 0 Å². The predicted octanol–water partition coefficient (Wildman–Crippen LogP) is 6.73. The highest BCUT2D eigenvalue weighted by Gasteiger charge is 2.06. The lowest BCUT2D eigenvalue weighted by Gasteiger charge is -1.97. The summed E-state index contributed by atoms with van der Waals surface area (Å²) < 4.78 is 0. The molecule has 5 aromatic rings. The number of nitrogens with one attached hydrogen (secondary N) is 2. The molecule has 0 saturated heterocycles. The number of carbonyl (C=O) groups excluding carboxylic acids is 3. The topological polar surface area (TPSA) is 167 Å². The summed E-state index contributed by atoms with van der Waals surface area (Å²) in [6, 6.07) is 35.4. The van der Waals surface area contributed by atoms with Crippen molar-refractivity contribution in [3.63, 3.8) is 0 Å². The smallest absolute Gasteiger partial charge is 0.373 e. The van der Waals surface area contributed by atoms with Crippen LogP contribution in [0.5, 0.6) is 0 Å². The van der Waals surface area contributed by atoms with Crippen molar-refractivity contribution in [2.24, 2.45) is 5.73 Å². The lowest BCUT2D eigenvalue weighted by atomic mass is 10.1. The number of nitrogens with two attached hydrogens (primary N) is 1. The number of benzene rings is 4. The summed E-state index contributed by atoms with van der Waals surface area (Å²) in [5.41, 5.74) is 9.98. The van der Waals surface area contributed by atoms with E-state index in [1.165, 1.54) is 24.3 Å². The number of aromatic nitrogens is 2. The van der Waals surface area contributed by atoms with Gasteiger partial charge < -0.3 is 15.8 Å². The number of aromatic amines is 1. The number of carboxylic acid groups (broad SMARTS) is 1. The highest BCUT2D eigenvalue weighted by Crippen LogP contribution is 2.21. The molecule has 0 spiro atoms. The minimum Gasteiger partial charge on any atom is -0.478 e. The fourth-order valence-corrected chi connectivity index (χ4v) is 3.65. The van der Waals surface area contributed by atoms with E-state index in [0.29, 0.717) is 5.56 Å². The molecule has 0 radical (unpaired) electrons. The molecule has 1 heterocycles. The largest absolute Gasteiger partial charge is 0.478 e. The third kappa shape index (κ3) is 12.3. The highest BCUT2D eigenvalue weighted by atomic mass is 79.9. The Balaban J connectivity index is 0.000000318. The fourth-order valence-electron chi connectivity index (χ4n) is 3.32. The summed E-state index contributed by atoms with van der Waals surface area (Å²) in [6.07, 6.45) is 2.12. The molecular weight excluding hydrogens is 612 g/mol. The second-order valence-electron chi connectivity index (χ2n) is 8.18. The van der Waals surface area contributed by atoms with Gasteiger partial charge in [0.05, 0.1) is 22.8 Å². The number of carboxylic acids is 1. The van der Waals surface area contributed by atoms with Gasteiger partial charge in [0.1, 0.15) is 11.7 Å². The van der Waals surface area contributed by atoms with Crippen LogP contribution in [0.25, 0.3) is 22.6 Å². The van der Waals surface area contributed by atoms with Gasteiger partial charge in [-0.15, -0.1) is 0 Å². The Morgan fingerprint density at radius 3 is 1.63 bits per heavy atom. The summed E-state index contributed by atoms with van der Waals surface area (Å²) in [4.78, 5) is 45.5. The number of H-pyrrole nitrogens is 1. The van der Waals surface area contributed by atoms with Crippen molar-refractivity contribution in [2.45, 2.75) is 7.43 Å². The number of ketones is 1. The van der Waals surface area contributed by atoms with Gasteiger partial charge >= 0.3 is 12.1 Å². The Morgan fingerprint density at radius 1 is 0.767 bits per heavy atom. The van der Waals surface area contributed by atoms with Crippen molar-refractivity contribution in [3.05, 3.63) is 138 Å². The van der Waals surface area contributed by atoms with Gasteiger partial charge in [-0.2, -0.15) is 9.59 Å². The highest BCUT2D eigenvalue weighted by molar-refractivity contribution is 9.09. The number of hydrogen-bond donors (Lipinski definition) is 4. The number of hydrogen-bond acceptors (Lipinski definition) is 6. The molecule has 10 heteroatoms. The summed E-state index contributed by atoms with van der Waals surface area (Å²) in [5.74, 6) is -0.0187. The summed E-state index contributed by atoms with van der Waals surface area (Å²) in [5, 5.41) is 15.8. The molecule has 0 fully saturated rings. The Kier molecular flexibility index (Phi) is 16.2. The number of nitrogens with zero attached hydrogens (tertiary/aromatic N) is 1. The molecule has 220 valence electrons. The predicted molar refractivity (Wildman–Crippen MR) is 170 cm³/mol. The number of Topliss-reactive ketones (excluding diaryl/α,β-unsaturated/α-hetero) is 1. The molecule has 0 bridgehead atoms. The molecule has 5 rings (SSSR count). The van der Waals surface area contributed by atoms with Crippen LogP contribution in [0.4, 0.5) is 0 Å². The van der Waals surface area contributed by atoms with E-state index in [1.54, 1.807) is 0 Å². The fraction of sp³-hybridized carbons (Fsp3) is 0.0606. The molecule has 1 aromatic heterocycles. The van der Waals surface area contributed by atoms with Crippen molar-refractivity contribution in [3.8, 4) is 22.6 Å². The first-order valence-electron chi connectivity index (χ1n) is 12.3. The number of rotatable bonds is 6. The molecule has 0 amide bonds. The van der Waals surface area contributed by atoms with E-state index in [0.717, 1.165) is 28.2 Å². The number of aromatic carboxylic acids is 1. The van der Waals surface area contributed by atoms with Crippen molar-refractivity contribution < 1.29 is 24.3 Å². The quantitative estimate of drug-likeness (QED) is 0.0689. The van der Waals surface area contributed by atoms with E-state index in [2.05, 4.69) is 38.0 Å². The zero-order valence-corrected chi connectivity index (χ0v) is 23.8. The minimum atomic E-state index is -0.988. The van der Waals surface area contributed by atoms with E-state index < -0.39 is 5.97 Å². The van der Waals surface area contributed by atoms with Gasteiger partial charge in [0, 0.05) is 16.7 Å². The van der Waals surface area contributed by atoms with Crippen LogP contribution in [0.15, 0.2) is 121 Å². The molecule has 0 aliphatic heterocycles. The molecule has 4 aromatic carbocycles. The summed E-state index contributed by atoms with van der Waals surface area (Å²) in [7, 11) is 0. The number of nitrogen functional groups attached to an aromatic ring is 1. The SMILES string of the molecule is C.N=C(N)c1ccccc1.O=C(O)c1ccc(C(=O)CBr)cc1.O=C=O.c1ccc(-c2cnc(-c3ccccc3)[nH]2)cc1. The Bertz CT molecular complexity index is 1530. The number of alkyl halides is 1. The maximum atomic E-state index is 11.1. The van der Waals surface area contributed by atoms with E-state index in [9.17, 15) is 9.59 Å². The van der Waals surface area contributed by atoms with Crippen LogP contribution in [-0.4, -0.2) is 44.1 Å². The monoisotopic (exact) mass is 642 g/mol. The molecule has 0 aliphatic carbocycles. The Hall–Kier alpha value is -5.44. The van der Waals surface area contributed by atoms with Crippen LogP contribution in [0.3, 0.4) is 0 Å². The van der Waals surface area contributed by atoms with Crippen LogP contribution in [-0.2, 0) is 9.59 Å². The maximum absolute atomic E-state index is 11.1. The van der Waals surface area contributed by atoms with Crippen molar-refractivity contribution in [1.82, 2.24) is 9.97 Å². The van der Waals surface area contributed by atoms with E-state index >= 15 is 0 Å². The average Bonchev–Trinajstić information content (AvgIpc) is 3.54. The van der Waals surface area contributed by atoms with Crippen LogP contribution in [0.1, 0.15) is 33.7 Å². The van der Waals surface area contributed by atoms with E-state index in [-0.39, 0.29) is 36.1 Å². The Morgan fingerprint density at radius 2 is 1.21 bits per heavy atom. The third-order valence-electron chi connectivity index (χ3n) is 5.37. The van der Waals surface area contributed by atoms with Crippen molar-refractivity contribution >= 4 is 39.7 Å². The van der Waals surface area contributed by atoms with Crippen molar-refractivity contribution in [2.75, 3.05) is 5.33 Å². The number of halogens is 1. The standard InChI is InChI=1S/C15H12N2.C9H7BrO3.C7H8N2.CO2.CH4/c1-3-7-12(8-4-1)14-11-16-15(17-14)13-9-5-2-6-10-13;10-5-8(11)6-1-3-7(4-2-6)9(12)13;8-7(9)6-4-2-1-3-5-6;2-1-3;/h1-11H,(H,16,17);1-4H,5H2,(H,12,13);1-5H,(H3,8,9);;1H4. The summed E-state index contributed by atoms with van der Waals surface area (Å²) in [6.45, 7) is 0. The zero-order valence-electron chi connectivity index (χ0n) is 22.2. The van der Waals surface area contributed by atoms with Crippen LogP contribution in [0, 0.1) is 5.41 Å². The molecule has 0 unspecified atom stereocenters. The second-order valence-corrected chi connectivity index (χ2v) is 8.74. The van der Waals surface area contributed by atoms with Crippen LogP contribution >= 0.6 is 15.9 Å². The lowest BCUT2D eigenvalue weighted by Crippen LogP contribution is -2.10. The first kappa shape index (κ1) is 35.6. The van der Waals surface area contributed by atoms with Crippen LogP contribution < -0.4 is 5.73 Å². The molecule has 0 saturated carbocycles. The molecule has 9 nitrogen and oxygen atoms in total. The van der Waals surface area contributed by atoms with Gasteiger partial charge in [0.25, 0.3) is 0 Å². The van der Waals surface area contributed by atoms with Gasteiger partial charge in [-0.05, 0) is 17.7 Å². The van der Waals surface area contributed by atoms with E-state index in [4.69, 9.17) is 25.8 Å². The summed E-state index contributed by atoms with van der Waals surface area (Å²) >= 11 is 3.03. The van der Waals surface area contributed by atoms with Gasteiger partial charge in [-0.25, -0.2) is 9.78 Å². The van der Waals surface area contributed by atoms with Gasteiger partial charge in [-0.1, -0.05) is 126 Å². The molecular formula is C33H31BrN4O5. The molecule has 0 atom stereocenters. The maximum Gasteiger partial charge on any atom is 0.373 e. The Labute approximate surface area is 258 Å². The average molecular weight is 644 g/mol. The lowest BCUT2D eigenvalue weighted by molar-refractivity contribution is -0.191. The van der Waals surface area contributed by atoms with Gasteiger partial charge in [0.15, 0.2) is 5.78 Å².